The molecule has 2 aliphatic rings. The van der Waals surface area contributed by atoms with Crippen LogP contribution in [0.25, 0.3) is 0 Å². The Kier molecular flexibility index (Phi) is 6.71. The molecule has 1 aromatic rings. The van der Waals surface area contributed by atoms with Gasteiger partial charge in [0.05, 0.1) is 5.02 Å². The van der Waals surface area contributed by atoms with Crippen LogP contribution in [0.5, 0.6) is 0 Å². The standard InChI is InChI=1S/C20H29ClN4O2/c21-16-4-5-17(23-13-16)24-19(27)15-6-10-25(11-7-15)18(26)12-20(14-22)8-2-1-3-9-20/h4-5,13,15H,1-3,6-12,14,22H2,(H,23,24,27). The Hall–Kier alpha value is -1.66. The molecule has 27 heavy (non-hydrogen) atoms. The van der Waals surface area contributed by atoms with Crippen molar-refractivity contribution < 1.29 is 9.59 Å². The lowest BCUT2D eigenvalue weighted by molar-refractivity contribution is -0.137. The lowest BCUT2D eigenvalue weighted by Crippen LogP contribution is -2.45. The third kappa shape index (κ3) is 5.20. The molecule has 0 bridgehead atoms. The molecule has 1 aliphatic heterocycles. The van der Waals surface area contributed by atoms with E-state index < -0.39 is 0 Å². The maximum absolute atomic E-state index is 12.8. The first-order chi connectivity index (χ1) is 13.0. The predicted octanol–water partition coefficient (Wildman–Crippen LogP) is 3.21. The van der Waals surface area contributed by atoms with Gasteiger partial charge in [-0.05, 0) is 49.8 Å². The summed E-state index contributed by atoms with van der Waals surface area (Å²) < 4.78 is 0. The molecule has 148 valence electrons. The van der Waals surface area contributed by atoms with Crippen molar-refractivity contribution in [1.82, 2.24) is 9.88 Å². The molecule has 2 heterocycles. The molecule has 1 aromatic heterocycles. The van der Waals surface area contributed by atoms with Crippen LogP contribution in [-0.2, 0) is 9.59 Å². The molecule has 7 heteroatoms. The Morgan fingerprint density at radius 3 is 2.52 bits per heavy atom. The first kappa shape index (κ1) is 20.1. The van der Waals surface area contributed by atoms with E-state index in [-0.39, 0.29) is 23.1 Å². The summed E-state index contributed by atoms with van der Waals surface area (Å²) in [4.78, 5) is 31.2. The van der Waals surface area contributed by atoms with Crippen molar-refractivity contribution in [3.63, 3.8) is 0 Å². The number of hydrogen-bond acceptors (Lipinski definition) is 4. The smallest absolute Gasteiger partial charge is 0.228 e. The molecule has 6 nitrogen and oxygen atoms in total. The van der Waals surface area contributed by atoms with E-state index in [2.05, 4.69) is 10.3 Å². The Balaban J connectivity index is 1.48. The quantitative estimate of drug-likeness (QED) is 0.805. The van der Waals surface area contributed by atoms with Crippen molar-refractivity contribution in [2.75, 3.05) is 25.0 Å². The fourth-order valence-corrected chi connectivity index (χ4v) is 4.37. The molecule has 1 saturated heterocycles. The van der Waals surface area contributed by atoms with Crippen molar-refractivity contribution in [3.8, 4) is 0 Å². The Morgan fingerprint density at radius 2 is 1.93 bits per heavy atom. The van der Waals surface area contributed by atoms with Gasteiger partial charge in [-0.3, -0.25) is 9.59 Å². The first-order valence-electron chi connectivity index (χ1n) is 9.92. The van der Waals surface area contributed by atoms with Crippen molar-refractivity contribution >= 4 is 29.2 Å². The van der Waals surface area contributed by atoms with Crippen LogP contribution in [0.2, 0.25) is 5.02 Å². The van der Waals surface area contributed by atoms with Crippen LogP contribution in [0.3, 0.4) is 0 Å². The summed E-state index contributed by atoms with van der Waals surface area (Å²) in [7, 11) is 0. The van der Waals surface area contributed by atoms with Gasteiger partial charge in [-0.15, -0.1) is 0 Å². The van der Waals surface area contributed by atoms with Crippen LogP contribution in [0.15, 0.2) is 18.3 Å². The average molecular weight is 393 g/mol. The van der Waals surface area contributed by atoms with Crippen LogP contribution in [0, 0.1) is 11.3 Å². The summed E-state index contributed by atoms with van der Waals surface area (Å²) in [5.74, 6) is 0.568. The van der Waals surface area contributed by atoms with E-state index in [1.165, 1.54) is 25.5 Å². The highest BCUT2D eigenvalue weighted by Gasteiger charge is 2.35. The number of likely N-dealkylation sites (tertiary alicyclic amines) is 1. The summed E-state index contributed by atoms with van der Waals surface area (Å²) in [5.41, 5.74) is 6.01. The van der Waals surface area contributed by atoms with E-state index in [9.17, 15) is 9.59 Å². The number of anilines is 1. The molecular formula is C20H29ClN4O2. The highest BCUT2D eigenvalue weighted by atomic mass is 35.5. The van der Waals surface area contributed by atoms with Gasteiger partial charge in [-0.25, -0.2) is 4.98 Å². The summed E-state index contributed by atoms with van der Waals surface area (Å²) in [6, 6.07) is 3.39. The van der Waals surface area contributed by atoms with Gasteiger partial charge in [-0.1, -0.05) is 30.9 Å². The van der Waals surface area contributed by atoms with Gasteiger partial charge in [0, 0.05) is 31.6 Å². The number of hydrogen-bond donors (Lipinski definition) is 2. The minimum absolute atomic E-state index is 0.0101. The summed E-state index contributed by atoms with van der Waals surface area (Å²) in [6.07, 6.45) is 9.13. The van der Waals surface area contributed by atoms with Gasteiger partial charge in [0.1, 0.15) is 5.82 Å². The number of carbonyl (C=O) groups excluding carboxylic acids is 2. The van der Waals surface area contributed by atoms with Crippen LogP contribution in [0.4, 0.5) is 5.82 Å². The number of aromatic nitrogens is 1. The van der Waals surface area contributed by atoms with E-state index >= 15 is 0 Å². The van der Waals surface area contributed by atoms with Crippen molar-refractivity contribution in [2.45, 2.75) is 51.4 Å². The van der Waals surface area contributed by atoms with Gasteiger partial charge >= 0.3 is 0 Å². The first-order valence-corrected chi connectivity index (χ1v) is 10.3. The summed E-state index contributed by atoms with van der Waals surface area (Å²) in [5, 5.41) is 3.37. The van der Waals surface area contributed by atoms with E-state index in [0.717, 1.165) is 12.8 Å². The van der Waals surface area contributed by atoms with Gasteiger partial charge < -0.3 is 16.0 Å². The van der Waals surface area contributed by atoms with Crippen molar-refractivity contribution in [1.29, 1.82) is 0 Å². The molecule has 0 radical (unpaired) electrons. The highest BCUT2D eigenvalue weighted by molar-refractivity contribution is 6.30. The topological polar surface area (TPSA) is 88.3 Å². The molecule has 3 N–H and O–H groups in total. The lowest BCUT2D eigenvalue weighted by atomic mass is 9.71. The third-order valence-corrected chi connectivity index (χ3v) is 6.29. The molecule has 0 spiro atoms. The molecule has 1 aliphatic carbocycles. The molecule has 3 rings (SSSR count). The minimum Gasteiger partial charge on any atom is -0.343 e. The van der Waals surface area contributed by atoms with E-state index in [0.29, 0.717) is 49.7 Å². The van der Waals surface area contributed by atoms with E-state index in [1.54, 1.807) is 12.1 Å². The number of piperidine rings is 1. The predicted molar refractivity (Wildman–Crippen MR) is 106 cm³/mol. The second kappa shape index (κ2) is 9.02. The third-order valence-electron chi connectivity index (χ3n) is 6.07. The van der Waals surface area contributed by atoms with Crippen LogP contribution < -0.4 is 11.1 Å². The zero-order valence-electron chi connectivity index (χ0n) is 15.8. The lowest BCUT2D eigenvalue weighted by Gasteiger charge is -2.38. The Morgan fingerprint density at radius 1 is 1.22 bits per heavy atom. The maximum atomic E-state index is 12.8. The van der Waals surface area contributed by atoms with Crippen LogP contribution >= 0.6 is 11.6 Å². The molecular weight excluding hydrogens is 364 g/mol. The fraction of sp³-hybridized carbons (Fsp3) is 0.650. The zero-order valence-corrected chi connectivity index (χ0v) is 16.5. The van der Waals surface area contributed by atoms with E-state index in [4.69, 9.17) is 17.3 Å². The summed E-state index contributed by atoms with van der Waals surface area (Å²) in [6.45, 7) is 1.85. The monoisotopic (exact) mass is 392 g/mol. The molecule has 0 atom stereocenters. The molecule has 0 aromatic carbocycles. The minimum atomic E-state index is -0.0929. The van der Waals surface area contributed by atoms with Gasteiger partial charge in [0.15, 0.2) is 0 Å². The normalized spacial score (nSPS) is 20.3. The van der Waals surface area contributed by atoms with Gasteiger partial charge in [-0.2, -0.15) is 0 Å². The molecule has 0 unspecified atom stereocenters. The SMILES string of the molecule is NCC1(CC(=O)N2CCC(C(=O)Nc3ccc(Cl)cn3)CC2)CCCCC1. The average Bonchev–Trinajstić information content (AvgIpc) is 2.70. The van der Waals surface area contributed by atoms with E-state index in [1.807, 2.05) is 4.90 Å². The number of carbonyl (C=O) groups is 2. The van der Waals surface area contributed by atoms with Crippen LogP contribution in [0.1, 0.15) is 51.4 Å². The molecule has 2 fully saturated rings. The van der Waals surface area contributed by atoms with Crippen molar-refractivity contribution in [3.05, 3.63) is 23.4 Å². The number of amides is 2. The van der Waals surface area contributed by atoms with Crippen LogP contribution in [-0.4, -0.2) is 41.3 Å². The number of halogens is 1. The number of rotatable bonds is 5. The summed E-state index contributed by atoms with van der Waals surface area (Å²) >= 11 is 5.81. The van der Waals surface area contributed by atoms with Crippen molar-refractivity contribution in [2.24, 2.45) is 17.1 Å². The second-order valence-corrected chi connectivity index (χ2v) is 8.38. The largest absolute Gasteiger partial charge is 0.343 e. The van der Waals surface area contributed by atoms with Gasteiger partial charge in [0.2, 0.25) is 11.8 Å². The Bertz CT molecular complexity index is 650. The molecule has 2 amide bonds. The fourth-order valence-electron chi connectivity index (χ4n) is 4.26. The Labute approximate surface area is 165 Å². The van der Waals surface area contributed by atoms with Gasteiger partial charge in [0.25, 0.3) is 0 Å². The molecule has 1 saturated carbocycles. The number of pyridine rings is 1. The number of nitrogens with one attached hydrogen (secondary N) is 1. The number of nitrogens with zero attached hydrogens (tertiary/aromatic N) is 2. The maximum Gasteiger partial charge on any atom is 0.228 e. The highest BCUT2D eigenvalue weighted by Crippen LogP contribution is 2.39. The number of nitrogens with two attached hydrogens (primary N) is 1. The second-order valence-electron chi connectivity index (χ2n) is 7.95. The zero-order chi connectivity index (χ0) is 19.3.